The van der Waals surface area contributed by atoms with Crippen LogP contribution in [-0.4, -0.2) is 37.2 Å². The van der Waals surface area contributed by atoms with Gasteiger partial charge in [-0.15, -0.1) is 0 Å². The first-order valence-electron chi connectivity index (χ1n) is 32.5. The van der Waals surface area contributed by atoms with Gasteiger partial charge in [0, 0.05) is 19.3 Å². The lowest BCUT2D eigenvalue weighted by Gasteiger charge is -2.18. The zero-order chi connectivity index (χ0) is 57.8. The Hall–Kier alpha value is -4.97. The molecule has 1 unspecified atom stereocenters. The first-order chi connectivity index (χ1) is 39.5. The number of hydrogen-bond acceptors (Lipinski definition) is 6. The molecule has 6 nitrogen and oxygen atoms in total. The van der Waals surface area contributed by atoms with Gasteiger partial charge in [0.2, 0.25) is 0 Å². The Morgan fingerprint density at radius 2 is 0.487 bits per heavy atom. The number of hydrogen-bond donors (Lipinski definition) is 0. The molecule has 0 aliphatic heterocycles. The molecule has 0 saturated carbocycles. The van der Waals surface area contributed by atoms with Gasteiger partial charge in [0.05, 0.1) is 0 Å². The first-order valence-corrected chi connectivity index (χ1v) is 32.5. The van der Waals surface area contributed by atoms with Crippen LogP contribution >= 0.6 is 0 Å². The highest BCUT2D eigenvalue weighted by molar-refractivity contribution is 5.71. The van der Waals surface area contributed by atoms with Crippen LogP contribution in [0.5, 0.6) is 0 Å². The van der Waals surface area contributed by atoms with Gasteiger partial charge in [-0.1, -0.05) is 262 Å². The molecule has 6 heteroatoms. The molecular formula is C74H118O6. The van der Waals surface area contributed by atoms with Crippen molar-refractivity contribution in [3.8, 4) is 0 Å². The summed E-state index contributed by atoms with van der Waals surface area (Å²) in [7, 11) is 0. The van der Waals surface area contributed by atoms with Crippen molar-refractivity contribution in [1.29, 1.82) is 0 Å². The molecule has 0 aromatic rings. The summed E-state index contributed by atoms with van der Waals surface area (Å²) in [5, 5.41) is 0. The van der Waals surface area contributed by atoms with Crippen LogP contribution in [-0.2, 0) is 28.6 Å². The third kappa shape index (κ3) is 63.9. The number of esters is 3. The highest BCUT2D eigenvalue weighted by atomic mass is 16.6. The van der Waals surface area contributed by atoms with E-state index in [2.05, 4.69) is 179 Å². The van der Waals surface area contributed by atoms with E-state index < -0.39 is 6.10 Å². The molecule has 0 saturated heterocycles. The Bertz CT molecular complexity index is 1790. The predicted octanol–water partition coefficient (Wildman–Crippen LogP) is 22.5. The summed E-state index contributed by atoms with van der Waals surface area (Å²) in [5.41, 5.74) is 0. The van der Waals surface area contributed by atoms with Gasteiger partial charge in [-0.3, -0.25) is 14.4 Å². The fraction of sp³-hybridized carbons (Fsp3) is 0.608. The summed E-state index contributed by atoms with van der Waals surface area (Å²) in [5.74, 6) is -0.948. The average molecular weight is 1100 g/mol. The standard InChI is InChI=1S/C74H118O6/c1-4-7-10-13-16-19-22-25-28-29-30-31-32-33-34-35-36-37-38-39-40-41-42-43-44-45-47-49-52-55-58-61-64-67-73(76)79-70-71(69-78-72(75)66-63-60-57-54-51-48-27-24-21-18-15-12-9-6-3)80-74(77)68-65-62-59-56-53-50-46-26-23-20-17-14-11-8-5-2/h7-8,10-11,16-17,19-20,24-28,30-31,33-34,36-37,39-40,42-43,45-47,71H,4-6,9,12-15,18,21-23,29,32,35,38,41,44,48-70H2,1-3H3/b10-7-,11-8-,19-16-,20-17-,27-24-,28-25-,31-30-,34-33-,37-36-,40-39-,43-42-,46-26-,47-45-. The maximum absolute atomic E-state index is 12.9. The molecule has 0 aromatic heterocycles. The van der Waals surface area contributed by atoms with Gasteiger partial charge in [0.15, 0.2) is 6.10 Å². The van der Waals surface area contributed by atoms with Crippen LogP contribution in [0, 0.1) is 0 Å². The molecule has 0 spiro atoms. The van der Waals surface area contributed by atoms with Crippen molar-refractivity contribution in [3.05, 3.63) is 158 Å². The summed E-state index contributed by atoms with van der Waals surface area (Å²) in [4.78, 5) is 38.3. The SMILES string of the molecule is CC/C=C\C/C=C\C/C=C\C/C=C\C/C=C\C/C=C\C/C=C\C/C=C\C/C=C\CCCCCCCC(=O)OCC(COC(=O)CCCCCCC/C=C\CCCCCCC)OC(=O)CCCCCCC/C=C\C/C=C\C/C=C\CC. The van der Waals surface area contributed by atoms with Crippen LogP contribution in [0.25, 0.3) is 0 Å². The van der Waals surface area contributed by atoms with Crippen molar-refractivity contribution in [3.63, 3.8) is 0 Å². The van der Waals surface area contributed by atoms with Gasteiger partial charge < -0.3 is 14.2 Å². The van der Waals surface area contributed by atoms with Crippen LogP contribution in [0.3, 0.4) is 0 Å². The molecule has 0 aliphatic carbocycles. The fourth-order valence-corrected chi connectivity index (χ4v) is 8.44. The molecule has 0 aromatic carbocycles. The number of allylic oxidation sites excluding steroid dienone is 26. The highest BCUT2D eigenvalue weighted by Crippen LogP contribution is 2.14. The molecule has 0 rings (SSSR count). The monoisotopic (exact) mass is 1100 g/mol. The van der Waals surface area contributed by atoms with Gasteiger partial charge in [0.25, 0.3) is 0 Å². The lowest BCUT2D eigenvalue weighted by atomic mass is 10.1. The second-order valence-electron chi connectivity index (χ2n) is 20.9. The summed E-state index contributed by atoms with van der Waals surface area (Å²) >= 11 is 0. The second-order valence-corrected chi connectivity index (χ2v) is 20.9. The van der Waals surface area contributed by atoms with E-state index in [9.17, 15) is 14.4 Å². The van der Waals surface area contributed by atoms with Crippen molar-refractivity contribution in [2.24, 2.45) is 0 Å². The molecule has 0 N–H and O–H groups in total. The topological polar surface area (TPSA) is 78.9 Å². The van der Waals surface area contributed by atoms with Crippen LogP contribution in [0.15, 0.2) is 158 Å². The van der Waals surface area contributed by atoms with E-state index in [1.54, 1.807) is 0 Å². The van der Waals surface area contributed by atoms with Crippen molar-refractivity contribution >= 4 is 17.9 Å². The van der Waals surface area contributed by atoms with Crippen molar-refractivity contribution in [2.45, 2.75) is 277 Å². The summed E-state index contributed by atoms with van der Waals surface area (Å²) < 4.78 is 16.9. The normalized spacial score (nSPS) is 13.2. The van der Waals surface area contributed by atoms with E-state index in [0.717, 1.165) is 186 Å². The van der Waals surface area contributed by atoms with Crippen LogP contribution in [0.1, 0.15) is 271 Å². The van der Waals surface area contributed by atoms with Crippen LogP contribution in [0.4, 0.5) is 0 Å². The van der Waals surface area contributed by atoms with E-state index in [4.69, 9.17) is 14.2 Å². The summed E-state index contributed by atoms with van der Waals surface area (Å²) in [6, 6.07) is 0. The fourth-order valence-electron chi connectivity index (χ4n) is 8.44. The zero-order valence-electron chi connectivity index (χ0n) is 51.5. The first kappa shape index (κ1) is 75.0. The van der Waals surface area contributed by atoms with Crippen molar-refractivity contribution in [2.75, 3.05) is 13.2 Å². The Balaban J connectivity index is 4.36. The third-order valence-corrected chi connectivity index (χ3v) is 13.2. The quantitative estimate of drug-likeness (QED) is 0.0261. The van der Waals surface area contributed by atoms with E-state index in [1.807, 2.05) is 0 Å². The van der Waals surface area contributed by atoms with Crippen molar-refractivity contribution < 1.29 is 28.6 Å². The van der Waals surface area contributed by atoms with Crippen molar-refractivity contribution in [1.82, 2.24) is 0 Å². The lowest BCUT2D eigenvalue weighted by Crippen LogP contribution is -2.30. The molecule has 0 amide bonds. The second kappa shape index (κ2) is 66.5. The van der Waals surface area contributed by atoms with Gasteiger partial charge in [-0.05, 0) is 148 Å². The molecule has 0 fully saturated rings. The van der Waals surface area contributed by atoms with Crippen LogP contribution in [0.2, 0.25) is 0 Å². The van der Waals surface area contributed by atoms with Gasteiger partial charge in [-0.2, -0.15) is 0 Å². The number of unbranched alkanes of at least 4 members (excludes halogenated alkanes) is 20. The maximum Gasteiger partial charge on any atom is 0.306 e. The molecule has 0 radical (unpaired) electrons. The van der Waals surface area contributed by atoms with E-state index in [-0.39, 0.29) is 31.1 Å². The van der Waals surface area contributed by atoms with Crippen LogP contribution < -0.4 is 0 Å². The Morgan fingerprint density at radius 1 is 0.263 bits per heavy atom. The number of ether oxygens (including phenoxy) is 3. The lowest BCUT2D eigenvalue weighted by molar-refractivity contribution is -0.167. The minimum Gasteiger partial charge on any atom is -0.462 e. The zero-order valence-corrected chi connectivity index (χ0v) is 51.5. The largest absolute Gasteiger partial charge is 0.462 e. The van der Waals surface area contributed by atoms with E-state index in [0.29, 0.717) is 19.3 Å². The number of rotatable bonds is 57. The molecule has 80 heavy (non-hydrogen) atoms. The average Bonchev–Trinajstić information content (AvgIpc) is 3.46. The van der Waals surface area contributed by atoms with E-state index in [1.165, 1.54) is 44.9 Å². The van der Waals surface area contributed by atoms with Gasteiger partial charge >= 0.3 is 17.9 Å². The van der Waals surface area contributed by atoms with Gasteiger partial charge in [-0.25, -0.2) is 0 Å². The molecule has 0 heterocycles. The number of carbonyl (C=O) groups excluding carboxylic acids is 3. The smallest absolute Gasteiger partial charge is 0.306 e. The Morgan fingerprint density at radius 3 is 0.775 bits per heavy atom. The maximum atomic E-state index is 12.9. The molecule has 450 valence electrons. The molecule has 0 aliphatic rings. The van der Waals surface area contributed by atoms with Gasteiger partial charge in [0.1, 0.15) is 13.2 Å². The molecular weight excluding hydrogens is 985 g/mol. The van der Waals surface area contributed by atoms with E-state index >= 15 is 0 Å². The molecule has 1 atom stereocenters. The Labute approximate surface area is 492 Å². The minimum atomic E-state index is -0.806. The summed E-state index contributed by atoms with van der Waals surface area (Å²) in [6.07, 6.45) is 96.8. The minimum absolute atomic E-state index is 0.101. The Kier molecular flexibility index (Phi) is 62.4. The predicted molar refractivity (Wildman–Crippen MR) is 348 cm³/mol. The molecule has 0 bridgehead atoms. The highest BCUT2D eigenvalue weighted by Gasteiger charge is 2.19. The number of carbonyl (C=O) groups is 3. The third-order valence-electron chi connectivity index (χ3n) is 13.2. The summed E-state index contributed by atoms with van der Waals surface area (Å²) in [6.45, 7) is 6.36.